The normalized spacial score (nSPS) is 20.5. The summed E-state index contributed by atoms with van der Waals surface area (Å²) >= 11 is 0. The van der Waals surface area contributed by atoms with Gasteiger partial charge in [-0.1, -0.05) is 11.6 Å². The molecular weight excluding hydrogens is 170 g/mol. The highest BCUT2D eigenvalue weighted by molar-refractivity contribution is 5.90. The van der Waals surface area contributed by atoms with Crippen molar-refractivity contribution in [1.29, 1.82) is 0 Å². The molecule has 0 aromatic rings. The van der Waals surface area contributed by atoms with Gasteiger partial charge in [0.25, 0.3) is 0 Å². The molecule has 5 nitrogen and oxygen atoms in total. The van der Waals surface area contributed by atoms with Crippen LogP contribution in [0.2, 0.25) is 0 Å². The van der Waals surface area contributed by atoms with Gasteiger partial charge in [-0.25, -0.2) is 0 Å². The Balaban J connectivity index is 2.34. The van der Waals surface area contributed by atoms with Crippen molar-refractivity contribution >= 4 is 11.7 Å². The van der Waals surface area contributed by atoms with Crippen molar-refractivity contribution in [2.75, 3.05) is 0 Å². The number of amidine groups is 1. The van der Waals surface area contributed by atoms with E-state index in [9.17, 15) is 4.79 Å². The molecule has 1 saturated carbocycles. The lowest BCUT2D eigenvalue weighted by molar-refractivity contribution is -0.127. The van der Waals surface area contributed by atoms with E-state index in [0.717, 1.165) is 19.3 Å². The molecule has 0 aromatic heterocycles. The fourth-order valence-electron chi connectivity index (χ4n) is 1.16. The highest BCUT2D eigenvalue weighted by Crippen LogP contribution is 2.26. The molecule has 13 heavy (non-hydrogen) atoms. The van der Waals surface area contributed by atoms with Crippen LogP contribution in [-0.4, -0.2) is 23.0 Å². The van der Waals surface area contributed by atoms with Crippen molar-refractivity contribution in [2.45, 2.75) is 32.2 Å². The molecule has 1 fully saturated rings. The second kappa shape index (κ2) is 4.11. The zero-order chi connectivity index (χ0) is 9.84. The zero-order valence-electron chi connectivity index (χ0n) is 7.66. The molecule has 1 aliphatic rings. The van der Waals surface area contributed by atoms with Crippen molar-refractivity contribution in [3.05, 3.63) is 0 Å². The summed E-state index contributed by atoms with van der Waals surface area (Å²) in [5.74, 6) is 0.173. The SMILES string of the molecule is CC(NC(=O)C1CCC1)/C(N)=N/O. The first-order chi connectivity index (χ1) is 6.15. The summed E-state index contributed by atoms with van der Waals surface area (Å²) < 4.78 is 0. The minimum Gasteiger partial charge on any atom is -0.409 e. The molecule has 0 saturated heterocycles. The minimum atomic E-state index is -0.391. The van der Waals surface area contributed by atoms with Gasteiger partial charge in [0, 0.05) is 5.92 Å². The van der Waals surface area contributed by atoms with E-state index < -0.39 is 6.04 Å². The largest absolute Gasteiger partial charge is 0.409 e. The Morgan fingerprint density at radius 3 is 2.69 bits per heavy atom. The van der Waals surface area contributed by atoms with E-state index in [0.29, 0.717) is 0 Å². The molecule has 0 spiro atoms. The lowest BCUT2D eigenvalue weighted by atomic mass is 9.84. The van der Waals surface area contributed by atoms with E-state index in [4.69, 9.17) is 10.9 Å². The molecule has 0 aliphatic heterocycles. The molecule has 1 amide bonds. The smallest absolute Gasteiger partial charge is 0.223 e. The summed E-state index contributed by atoms with van der Waals surface area (Å²) in [6.45, 7) is 1.69. The number of oxime groups is 1. The lowest BCUT2D eigenvalue weighted by Crippen LogP contribution is -2.46. The van der Waals surface area contributed by atoms with Gasteiger partial charge in [0.2, 0.25) is 5.91 Å². The van der Waals surface area contributed by atoms with E-state index in [1.54, 1.807) is 6.92 Å². The predicted molar refractivity (Wildman–Crippen MR) is 48.4 cm³/mol. The maximum atomic E-state index is 11.4. The average molecular weight is 185 g/mol. The second-order valence-electron chi connectivity index (χ2n) is 3.38. The molecular formula is C8H15N3O2. The number of rotatable bonds is 3. The maximum Gasteiger partial charge on any atom is 0.223 e. The highest BCUT2D eigenvalue weighted by Gasteiger charge is 2.26. The number of amides is 1. The third-order valence-electron chi connectivity index (χ3n) is 2.39. The zero-order valence-corrected chi connectivity index (χ0v) is 7.66. The Morgan fingerprint density at radius 2 is 2.31 bits per heavy atom. The van der Waals surface area contributed by atoms with Gasteiger partial charge >= 0.3 is 0 Å². The van der Waals surface area contributed by atoms with E-state index in [1.165, 1.54) is 0 Å². The van der Waals surface area contributed by atoms with Crippen LogP contribution in [-0.2, 0) is 4.79 Å². The monoisotopic (exact) mass is 185 g/mol. The average Bonchev–Trinajstić information content (AvgIpc) is 1.99. The molecule has 0 bridgehead atoms. The Labute approximate surface area is 77.0 Å². The quantitative estimate of drug-likeness (QED) is 0.251. The summed E-state index contributed by atoms with van der Waals surface area (Å²) in [6, 6.07) is -0.391. The van der Waals surface area contributed by atoms with Crippen molar-refractivity contribution in [2.24, 2.45) is 16.8 Å². The number of hydrogen-bond donors (Lipinski definition) is 3. The first-order valence-corrected chi connectivity index (χ1v) is 4.43. The summed E-state index contributed by atoms with van der Waals surface area (Å²) in [5.41, 5.74) is 5.31. The molecule has 1 rings (SSSR count). The van der Waals surface area contributed by atoms with Gasteiger partial charge < -0.3 is 16.3 Å². The topological polar surface area (TPSA) is 87.7 Å². The summed E-state index contributed by atoms with van der Waals surface area (Å²) in [7, 11) is 0. The number of hydrogen-bond acceptors (Lipinski definition) is 3. The fourth-order valence-corrected chi connectivity index (χ4v) is 1.16. The van der Waals surface area contributed by atoms with Crippen LogP contribution < -0.4 is 11.1 Å². The molecule has 1 atom stereocenters. The van der Waals surface area contributed by atoms with Crippen LogP contribution in [0.4, 0.5) is 0 Å². The molecule has 0 radical (unpaired) electrons. The van der Waals surface area contributed by atoms with Gasteiger partial charge in [0.1, 0.15) is 0 Å². The summed E-state index contributed by atoms with van der Waals surface area (Å²) in [5, 5.41) is 13.8. The number of carbonyl (C=O) groups is 1. The Hall–Kier alpha value is -1.26. The van der Waals surface area contributed by atoms with Crippen LogP contribution in [0.1, 0.15) is 26.2 Å². The van der Waals surface area contributed by atoms with E-state index in [-0.39, 0.29) is 17.7 Å². The van der Waals surface area contributed by atoms with Crippen molar-refractivity contribution in [1.82, 2.24) is 5.32 Å². The standard InChI is InChI=1S/C8H15N3O2/c1-5(7(9)11-13)10-8(12)6-3-2-4-6/h5-6,13H,2-4H2,1H3,(H2,9,11)(H,10,12). The fraction of sp³-hybridized carbons (Fsp3) is 0.750. The summed E-state index contributed by atoms with van der Waals surface area (Å²) in [6.07, 6.45) is 3.03. The van der Waals surface area contributed by atoms with E-state index in [1.807, 2.05) is 0 Å². The van der Waals surface area contributed by atoms with Crippen LogP contribution in [0.25, 0.3) is 0 Å². The highest BCUT2D eigenvalue weighted by atomic mass is 16.4. The molecule has 0 aromatic carbocycles. The number of nitrogens with zero attached hydrogens (tertiary/aromatic N) is 1. The number of carbonyl (C=O) groups excluding carboxylic acids is 1. The Bertz CT molecular complexity index is 223. The van der Waals surface area contributed by atoms with Gasteiger partial charge in [0.15, 0.2) is 5.84 Å². The van der Waals surface area contributed by atoms with Crippen LogP contribution in [0.5, 0.6) is 0 Å². The van der Waals surface area contributed by atoms with E-state index in [2.05, 4.69) is 10.5 Å². The third kappa shape index (κ3) is 2.34. The molecule has 74 valence electrons. The number of nitrogens with two attached hydrogens (primary N) is 1. The second-order valence-corrected chi connectivity index (χ2v) is 3.38. The van der Waals surface area contributed by atoms with E-state index >= 15 is 0 Å². The van der Waals surface area contributed by atoms with Crippen LogP contribution in [0.15, 0.2) is 5.16 Å². The first kappa shape index (κ1) is 9.83. The van der Waals surface area contributed by atoms with Crippen LogP contribution >= 0.6 is 0 Å². The molecule has 4 N–H and O–H groups in total. The van der Waals surface area contributed by atoms with Crippen molar-refractivity contribution in [3.63, 3.8) is 0 Å². The molecule has 1 aliphatic carbocycles. The Kier molecular flexibility index (Phi) is 3.11. The molecule has 0 heterocycles. The van der Waals surface area contributed by atoms with Crippen molar-refractivity contribution in [3.8, 4) is 0 Å². The van der Waals surface area contributed by atoms with Crippen molar-refractivity contribution < 1.29 is 10.0 Å². The lowest BCUT2D eigenvalue weighted by Gasteiger charge is -2.25. The first-order valence-electron chi connectivity index (χ1n) is 4.43. The maximum absolute atomic E-state index is 11.4. The van der Waals surface area contributed by atoms with Gasteiger partial charge in [-0.15, -0.1) is 0 Å². The summed E-state index contributed by atoms with van der Waals surface area (Å²) in [4.78, 5) is 11.4. The van der Waals surface area contributed by atoms with Crippen LogP contribution in [0, 0.1) is 5.92 Å². The molecule has 1 unspecified atom stereocenters. The van der Waals surface area contributed by atoms with Gasteiger partial charge in [0.05, 0.1) is 6.04 Å². The Morgan fingerprint density at radius 1 is 1.69 bits per heavy atom. The van der Waals surface area contributed by atoms with Gasteiger partial charge in [-0.05, 0) is 19.8 Å². The minimum absolute atomic E-state index is 0.00495. The van der Waals surface area contributed by atoms with Gasteiger partial charge in [-0.2, -0.15) is 0 Å². The predicted octanol–water partition coefficient (Wildman–Crippen LogP) is 0.0376. The third-order valence-corrected chi connectivity index (χ3v) is 2.39. The molecule has 5 heteroatoms. The van der Waals surface area contributed by atoms with Crippen LogP contribution in [0.3, 0.4) is 0 Å². The van der Waals surface area contributed by atoms with Gasteiger partial charge in [-0.3, -0.25) is 4.79 Å². The number of nitrogens with one attached hydrogen (secondary N) is 1.